The molecular weight excluding hydrogens is 434 g/mol. The summed E-state index contributed by atoms with van der Waals surface area (Å²) in [6.45, 7) is 1.78. The minimum atomic E-state index is -3.20. The third-order valence-corrected chi connectivity index (χ3v) is 6.59. The summed E-state index contributed by atoms with van der Waals surface area (Å²) in [6.07, 6.45) is 1.92. The molecule has 31 heavy (non-hydrogen) atoms. The smallest absolute Gasteiger partial charge is 0.289 e. The predicted molar refractivity (Wildman–Crippen MR) is 122 cm³/mol. The van der Waals surface area contributed by atoms with Gasteiger partial charge in [0.05, 0.1) is 6.26 Å². The van der Waals surface area contributed by atoms with Crippen molar-refractivity contribution in [2.75, 3.05) is 30.8 Å². The molecule has 0 saturated carbocycles. The summed E-state index contributed by atoms with van der Waals surface area (Å²) in [5, 5.41) is 12.3. The van der Waals surface area contributed by atoms with Crippen molar-refractivity contribution in [2.24, 2.45) is 0 Å². The van der Waals surface area contributed by atoms with Gasteiger partial charge in [0.25, 0.3) is 5.91 Å². The maximum absolute atomic E-state index is 13.1. The number of nitrogens with zero attached hydrogens (tertiary/aromatic N) is 3. The van der Waals surface area contributed by atoms with Gasteiger partial charge in [-0.1, -0.05) is 53.8 Å². The van der Waals surface area contributed by atoms with Crippen molar-refractivity contribution in [2.45, 2.75) is 13.0 Å². The number of aromatic nitrogens is 2. The number of carbonyl (C=O) groups is 1. The minimum absolute atomic E-state index is 0.147. The lowest BCUT2D eigenvalue weighted by atomic mass is 9.98. The number of carbonyl (C=O) groups excluding carboxylic acids is 1. The molecule has 1 aromatic heterocycles. The number of sulfonamides is 1. The van der Waals surface area contributed by atoms with Crippen LogP contribution in [0.4, 0.5) is 5.69 Å². The Hall–Kier alpha value is -2.66. The molecule has 1 amide bonds. The van der Waals surface area contributed by atoms with Crippen LogP contribution < -0.4 is 14.9 Å². The maximum atomic E-state index is 13.1. The van der Waals surface area contributed by atoms with Crippen LogP contribution in [0.3, 0.4) is 0 Å². The van der Waals surface area contributed by atoms with Gasteiger partial charge < -0.3 is 10.2 Å². The van der Waals surface area contributed by atoms with Crippen LogP contribution in [0.1, 0.15) is 20.4 Å². The van der Waals surface area contributed by atoms with Crippen molar-refractivity contribution in [3.63, 3.8) is 0 Å². The quantitative estimate of drug-likeness (QED) is 0.502. The van der Waals surface area contributed by atoms with Crippen LogP contribution in [0, 0.1) is 0 Å². The second-order valence-corrected chi connectivity index (χ2v) is 10.1. The molecule has 0 spiro atoms. The van der Waals surface area contributed by atoms with Crippen LogP contribution in [-0.2, 0) is 23.0 Å². The average Bonchev–Trinajstić information content (AvgIpc) is 3.40. The number of nitrogens with one attached hydrogen (secondary N) is 2. The molecule has 1 aliphatic rings. The number of anilines is 1. The standard InChI is InChI=1S/C21H23N5O3S2/c1-31(28,29)23-12-11-22-14-19-24-25-20(30-19)21(27)26-13-10-17-16(8-5-9-18(17)26)15-6-3-2-4-7-15/h2-9,22-23H,10-14H2,1H3. The Labute approximate surface area is 185 Å². The van der Waals surface area contributed by atoms with E-state index in [0.717, 1.165) is 29.5 Å². The van der Waals surface area contributed by atoms with Gasteiger partial charge in [-0.15, -0.1) is 10.2 Å². The summed E-state index contributed by atoms with van der Waals surface area (Å²) < 4.78 is 24.5. The van der Waals surface area contributed by atoms with Gasteiger partial charge in [-0.3, -0.25) is 4.79 Å². The van der Waals surface area contributed by atoms with E-state index in [1.54, 1.807) is 4.90 Å². The maximum Gasteiger partial charge on any atom is 0.289 e. The lowest BCUT2D eigenvalue weighted by Crippen LogP contribution is -2.30. The number of rotatable bonds is 8. The zero-order chi connectivity index (χ0) is 21.8. The molecular formula is C21H23N5O3S2. The molecule has 1 aliphatic heterocycles. The Bertz CT molecular complexity index is 1180. The SMILES string of the molecule is CS(=O)(=O)NCCNCc1nnc(C(=O)N2CCc3c(-c4ccccc4)cccc32)s1. The first-order chi connectivity index (χ1) is 14.9. The third-order valence-electron chi connectivity index (χ3n) is 4.95. The van der Waals surface area contributed by atoms with Crippen molar-refractivity contribution < 1.29 is 13.2 Å². The van der Waals surface area contributed by atoms with E-state index in [0.29, 0.717) is 29.6 Å². The minimum Gasteiger partial charge on any atom is -0.309 e. The molecule has 162 valence electrons. The van der Waals surface area contributed by atoms with Crippen LogP contribution in [0.25, 0.3) is 11.1 Å². The Morgan fingerprint density at radius 2 is 1.90 bits per heavy atom. The van der Waals surface area contributed by atoms with E-state index >= 15 is 0 Å². The van der Waals surface area contributed by atoms with Gasteiger partial charge in [0.15, 0.2) is 0 Å². The van der Waals surface area contributed by atoms with E-state index < -0.39 is 10.0 Å². The first kappa shape index (κ1) is 21.6. The lowest BCUT2D eigenvalue weighted by Gasteiger charge is -2.16. The highest BCUT2D eigenvalue weighted by atomic mass is 32.2. The largest absolute Gasteiger partial charge is 0.309 e. The Kier molecular flexibility index (Phi) is 6.42. The van der Waals surface area contributed by atoms with Crippen LogP contribution in [-0.4, -0.2) is 50.4 Å². The second-order valence-electron chi connectivity index (χ2n) is 7.22. The van der Waals surface area contributed by atoms with Crippen molar-refractivity contribution in [3.8, 4) is 11.1 Å². The molecule has 2 aromatic carbocycles. The van der Waals surface area contributed by atoms with Crippen molar-refractivity contribution >= 4 is 33.0 Å². The van der Waals surface area contributed by atoms with Crippen molar-refractivity contribution in [1.82, 2.24) is 20.2 Å². The van der Waals surface area contributed by atoms with Gasteiger partial charge in [-0.05, 0) is 29.2 Å². The molecule has 0 atom stereocenters. The van der Waals surface area contributed by atoms with E-state index in [-0.39, 0.29) is 12.5 Å². The zero-order valence-electron chi connectivity index (χ0n) is 17.0. The lowest BCUT2D eigenvalue weighted by molar-refractivity contribution is 0.0988. The zero-order valence-corrected chi connectivity index (χ0v) is 18.7. The molecule has 4 rings (SSSR count). The van der Waals surface area contributed by atoms with E-state index in [1.165, 1.54) is 16.9 Å². The van der Waals surface area contributed by atoms with Crippen molar-refractivity contribution in [3.05, 3.63) is 64.1 Å². The summed E-state index contributed by atoms with van der Waals surface area (Å²) in [7, 11) is -3.20. The molecule has 0 unspecified atom stereocenters. The fraction of sp³-hybridized carbons (Fsp3) is 0.286. The molecule has 0 radical (unpaired) electrons. The third kappa shape index (κ3) is 5.16. The summed E-state index contributed by atoms with van der Waals surface area (Å²) in [4.78, 5) is 14.9. The molecule has 3 aromatic rings. The first-order valence-electron chi connectivity index (χ1n) is 9.89. The fourth-order valence-corrected chi connectivity index (χ4v) is 4.81. The van der Waals surface area contributed by atoms with Crippen LogP contribution in [0.2, 0.25) is 0 Å². The van der Waals surface area contributed by atoms with E-state index in [4.69, 9.17) is 0 Å². The summed E-state index contributed by atoms with van der Waals surface area (Å²) in [5.41, 5.74) is 4.39. The molecule has 8 nitrogen and oxygen atoms in total. The van der Waals surface area contributed by atoms with E-state index in [9.17, 15) is 13.2 Å². The normalized spacial score (nSPS) is 13.4. The topological polar surface area (TPSA) is 104 Å². The Morgan fingerprint density at radius 1 is 1.10 bits per heavy atom. The number of benzene rings is 2. The fourth-order valence-electron chi connectivity index (χ4n) is 3.58. The molecule has 2 heterocycles. The first-order valence-corrected chi connectivity index (χ1v) is 12.6. The van der Waals surface area contributed by atoms with Crippen LogP contribution in [0.15, 0.2) is 48.5 Å². The molecule has 10 heteroatoms. The summed E-state index contributed by atoms with van der Waals surface area (Å²) in [5.74, 6) is -0.147. The molecule has 0 fully saturated rings. The van der Waals surface area contributed by atoms with Gasteiger partial charge in [-0.2, -0.15) is 0 Å². The highest BCUT2D eigenvalue weighted by molar-refractivity contribution is 7.88. The summed E-state index contributed by atoms with van der Waals surface area (Å²) >= 11 is 1.25. The van der Waals surface area contributed by atoms with Crippen LogP contribution in [0.5, 0.6) is 0 Å². The average molecular weight is 458 g/mol. The monoisotopic (exact) mass is 457 g/mol. The van der Waals surface area contributed by atoms with Gasteiger partial charge in [0.1, 0.15) is 5.01 Å². The molecule has 2 N–H and O–H groups in total. The van der Waals surface area contributed by atoms with Gasteiger partial charge in [0, 0.05) is 31.9 Å². The summed E-state index contributed by atoms with van der Waals surface area (Å²) in [6, 6.07) is 16.2. The number of hydrogen-bond donors (Lipinski definition) is 2. The molecule has 0 aliphatic carbocycles. The Balaban J connectivity index is 1.42. The number of amides is 1. The number of fused-ring (bicyclic) bond motifs is 1. The van der Waals surface area contributed by atoms with Gasteiger partial charge >= 0.3 is 0 Å². The highest BCUT2D eigenvalue weighted by Crippen LogP contribution is 2.37. The van der Waals surface area contributed by atoms with Crippen molar-refractivity contribution in [1.29, 1.82) is 0 Å². The van der Waals surface area contributed by atoms with Gasteiger partial charge in [0.2, 0.25) is 15.0 Å². The predicted octanol–water partition coefficient (Wildman–Crippen LogP) is 2.05. The Morgan fingerprint density at radius 3 is 2.68 bits per heavy atom. The van der Waals surface area contributed by atoms with E-state index in [1.807, 2.05) is 30.3 Å². The second kappa shape index (κ2) is 9.23. The molecule has 0 bridgehead atoms. The highest BCUT2D eigenvalue weighted by Gasteiger charge is 2.29. The van der Waals surface area contributed by atoms with Gasteiger partial charge in [-0.25, -0.2) is 13.1 Å². The number of hydrogen-bond acceptors (Lipinski definition) is 7. The van der Waals surface area contributed by atoms with Crippen LogP contribution >= 0.6 is 11.3 Å². The van der Waals surface area contributed by atoms with E-state index in [2.05, 4.69) is 38.4 Å². The molecule has 0 saturated heterocycles.